The van der Waals surface area contributed by atoms with Gasteiger partial charge in [0.15, 0.2) is 0 Å². The predicted molar refractivity (Wildman–Crippen MR) is 60.4 cm³/mol. The van der Waals surface area contributed by atoms with E-state index in [9.17, 15) is 4.79 Å². The number of hydrogen-bond acceptors (Lipinski definition) is 4. The molecule has 0 saturated carbocycles. The van der Waals surface area contributed by atoms with Crippen molar-refractivity contribution >= 4 is 5.91 Å². The Hall–Kier alpha value is -0.650. The Balaban J connectivity index is 3.64. The Labute approximate surface area is 91.7 Å². The molecule has 0 aromatic heterocycles. The second-order valence-electron chi connectivity index (χ2n) is 3.50. The van der Waals surface area contributed by atoms with Crippen LogP contribution in [0.5, 0.6) is 0 Å². The van der Waals surface area contributed by atoms with Gasteiger partial charge in [0.05, 0.1) is 19.8 Å². The molecule has 0 heterocycles. The van der Waals surface area contributed by atoms with E-state index >= 15 is 0 Å². The lowest BCUT2D eigenvalue weighted by molar-refractivity contribution is -0.119. The number of primary amides is 1. The lowest BCUT2D eigenvalue weighted by atomic mass is 10.3. The van der Waals surface area contributed by atoms with Gasteiger partial charge in [0, 0.05) is 13.1 Å². The van der Waals surface area contributed by atoms with E-state index in [4.69, 9.17) is 16.2 Å². The van der Waals surface area contributed by atoms with Gasteiger partial charge in [-0.2, -0.15) is 0 Å². The monoisotopic (exact) mass is 217 g/mol. The molecule has 0 bridgehead atoms. The molecule has 0 aromatic rings. The number of nitrogens with zero attached hydrogens (tertiary/aromatic N) is 1. The van der Waals surface area contributed by atoms with Crippen LogP contribution in [0.3, 0.4) is 0 Å². The van der Waals surface area contributed by atoms with E-state index in [0.717, 1.165) is 25.9 Å². The van der Waals surface area contributed by atoms with Gasteiger partial charge in [-0.05, 0) is 13.0 Å². The van der Waals surface area contributed by atoms with Crippen molar-refractivity contribution in [3.63, 3.8) is 0 Å². The van der Waals surface area contributed by atoms with Gasteiger partial charge in [0.1, 0.15) is 0 Å². The van der Waals surface area contributed by atoms with Crippen LogP contribution < -0.4 is 11.5 Å². The molecule has 4 N–H and O–H groups in total. The Morgan fingerprint density at radius 3 is 2.60 bits per heavy atom. The largest absolute Gasteiger partial charge is 0.379 e. The summed E-state index contributed by atoms with van der Waals surface area (Å²) in [5.74, 6) is -0.287. The van der Waals surface area contributed by atoms with Crippen molar-refractivity contribution in [1.29, 1.82) is 0 Å². The van der Waals surface area contributed by atoms with E-state index in [0.29, 0.717) is 26.3 Å². The maximum absolute atomic E-state index is 10.8. The van der Waals surface area contributed by atoms with E-state index in [2.05, 4.69) is 6.92 Å². The van der Waals surface area contributed by atoms with Crippen LogP contribution in [0.2, 0.25) is 0 Å². The number of ether oxygens (including phenoxy) is 1. The number of nitrogens with two attached hydrogens (primary N) is 2. The van der Waals surface area contributed by atoms with Gasteiger partial charge in [-0.3, -0.25) is 9.69 Å². The van der Waals surface area contributed by atoms with Gasteiger partial charge < -0.3 is 16.2 Å². The Morgan fingerprint density at radius 1 is 1.33 bits per heavy atom. The molecule has 0 unspecified atom stereocenters. The standard InChI is InChI=1S/C10H23N3O2/c1-2-3-5-13(9-10(12)14)6-8-15-7-4-11/h2-9,11H2,1H3,(H2,12,14). The van der Waals surface area contributed by atoms with Crippen molar-refractivity contribution in [2.24, 2.45) is 11.5 Å². The molecule has 0 aliphatic rings. The van der Waals surface area contributed by atoms with Crippen LogP contribution in [0.1, 0.15) is 19.8 Å². The topological polar surface area (TPSA) is 81.6 Å². The summed E-state index contributed by atoms with van der Waals surface area (Å²) >= 11 is 0. The summed E-state index contributed by atoms with van der Waals surface area (Å²) in [7, 11) is 0. The van der Waals surface area contributed by atoms with Gasteiger partial charge in [0.25, 0.3) is 0 Å². The highest BCUT2D eigenvalue weighted by Gasteiger charge is 2.06. The van der Waals surface area contributed by atoms with Crippen LogP contribution in [0.15, 0.2) is 0 Å². The molecule has 0 aromatic carbocycles. The van der Waals surface area contributed by atoms with Crippen LogP contribution in [-0.4, -0.2) is 50.2 Å². The zero-order chi connectivity index (χ0) is 11.5. The first-order chi connectivity index (χ1) is 7.20. The first-order valence-electron chi connectivity index (χ1n) is 5.49. The molecule has 0 radical (unpaired) electrons. The van der Waals surface area contributed by atoms with Crippen molar-refractivity contribution in [3.05, 3.63) is 0 Å². The second-order valence-corrected chi connectivity index (χ2v) is 3.50. The molecule has 1 amide bonds. The van der Waals surface area contributed by atoms with Crippen LogP contribution in [0.4, 0.5) is 0 Å². The van der Waals surface area contributed by atoms with E-state index in [-0.39, 0.29) is 5.91 Å². The highest BCUT2D eigenvalue weighted by molar-refractivity contribution is 5.75. The van der Waals surface area contributed by atoms with E-state index < -0.39 is 0 Å². The maximum Gasteiger partial charge on any atom is 0.231 e. The molecular formula is C10H23N3O2. The molecule has 15 heavy (non-hydrogen) atoms. The Morgan fingerprint density at radius 2 is 2.07 bits per heavy atom. The normalized spacial score (nSPS) is 10.9. The predicted octanol–water partition coefficient (Wildman–Crippen LogP) is -0.451. The Bertz CT molecular complexity index is 165. The first kappa shape index (κ1) is 14.3. The van der Waals surface area contributed by atoms with Crippen molar-refractivity contribution in [2.45, 2.75) is 19.8 Å². The minimum absolute atomic E-state index is 0.287. The third-order valence-corrected chi connectivity index (χ3v) is 2.02. The van der Waals surface area contributed by atoms with Crippen LogP contribution in [0.25, 0.3) is 0 Å². The quantitative estimate of drug-likeness (QED) is 0.486. The van der Waals surface area contributed by atoms with Gasteiger partial charge in [-0.1, -0.05) is 13.3 Å². The molecular weight excluding hydrogens is 194 g/mol. The number of rotatable bonds is 10. The zero-order valence-electron chi connectivity index (χ0n) is 9.58. The Kier molecular flexibility index (Phi) is 9.46. The number of carbonyl (C=O) groups excluding carboxylic acids is 1. The summed E-state index contributed by atoms with van der Waals surface area (Å²) in [6.07, 6.45) is 2.18. The number of unbranched alkanes of at least 4 members (excludes halogenated alkanes) is 1. The average Bonchev–Trinajstić information content (AvgIpc) is 2.19. The fourth-order valence-electron chi connectivity index (χ4n) is 1.25. The molecule has 0 rings (SSSR count). The molecule has 0 saturated heterocycles. The lowest BCUT2D eigenvalue weighted by Gasteiger charge is -2.20. The molecule has 0 fully saturated rings. The van der Waals surface area contributed by atoms with Crippen molar-refractivity contribution in [3.8, 4) is 0 Å². The first-order valence-corrected chi connectivity index (χ1v) is 5.49. The maximum atomic E-state index is 10.8. The number of carbonyl (C=O) groups is 1. The molecule has 5 heteroatoms. The molecule has 0 spiro atoms. The second kappa shape index (κ2) is 9.89. The summed E-state index contributed by atoms with van der Waals surface area (Å²) in [5.41, 5.74) is 10.4. The fraction of sp³-hybridized carbons (Fsp3) is 0.900. The van der Waals surface area contributed by atoms with Gasteiger partial charge >= 0.3 is 0 Å². The minimum atomic E-state index is -0.287. The van der Waals surface area contributed by atoms with E-state index in [1.807, 2.05) is 4.90 Å². The smallest absolute Gasteiger partial charge is 0.231 e. The summed E-state index contributed by atoms with van der Waals surface area (Å²) in [5, 5.41) is 0. The van der Waals surface area contributed by atoms with E-state index in [1.165, 1.54) is 0 Å². The summed E-state index contributed by atoms with van der Waals surface area (Å²) < 4.78 is 5.26. The third kappa shape index (κ3) is 9.65. The zero-order valence-corrected chi connectivity index (χ0v) is 9.58. The van der Waals surface area contributed by atoms with Crippen LogP contribution in [0, 0.1) is 0 Å². The fourth-order valence-corrected chi connectivity index (χ4v) is 1.25. The van der Waals surface area contributed by atoms with Crippen LogP contribution >= 0.6 is 0 Å². The van der Waals surface area contributed by atoms with Crippen molar-refractivity contribution in [1.82, 2.24) is 4.90 Å². The summed E-state index contributed by atoms with van der Waals surface area (Å²) in [6.45, 7) is 5.77. The summed E-state index contributed by atoms with van der Waals surface area (Å²) in [4.78, 5) is 12.8. The molecule has 90 valence electrons. The SMILES string of the molecule is CCCCN(CCOCCN)CC(N)=O. The van der Waals surface area contributed by atoms with Crippen molar-refractivity contribution < 1.29 is 9.53 Å². The highest BCUT2D eigenvalue weighted by Crippen LogP contribution is 1.94. The van der Waals surface area contributed by atoms with Crippen molar-refractivity contribution in [2.75, 3.05) is 39.4 Å². The van der Waals surface area contributed by atoms with Gasteiger partial charge in [0.2, 0.25) is 5.91 Å². The highest BCUT2D eigenvalue weighted by atomic mass is 16.5. The van der Waals surface area contributed by atoms with Gasteiger partial charge in [-0.25, -0.2) is 0 Å². The summed E-state index contributed by atoms with van der Waals surface area (Å²) in [6, 6.07) is 0. The molecule has 0 aliphatic carbocycles. The lowest BCUT2D eigenvalue weighted by Crippen LogP contribution is -2.36. The third-order valence-electron chi connectivity index (χ3n) is 2.02. The molecule has 5 nitrogen and oxygen atoms in total. The molecule has 0 atom stereocenters. The van der Waals surface area contributed by atoms with Gasteiger partial charge in [-0.15, -0.1) is 0 Å². The molecule has 0 aliphatic heterocycles. The number of hydrogen-bond donors (Lipinski definition) is 2. The minimum Gasteiger partial charge on any atom is -0.379 e. The average molecular weight is 217 g/mol. The van der Waals surface area contributed by atoms with E-state index in [1.54, 1.807) is 0 Å². The number of amides is 1. The van der Waals surface area contributed by atoms with Crippen LogP contribution in [-0.2, 0) is 9.53 Å².